The number of rotatable bonds is 5. The summed E-state index contributed by atoms with van der Waals surface area (Å²) in [7, 11) is 0. The molecule has 0 fully saturated rings. The van der Waals surface area contributed by atoms with Crippen molar-refractivity contribution in [2.24, 2.45) is 0 Å². The average Bonchev–Trinajstić information content (AvgIpc) is 3.04. The zero-order chi connectivity index (χ0) is 13.8. The Morgan fingerprint density at radius 2 is 2.37 bits per heavy atom. The molecule has 0 aliphatic carbocycles. The van der Waals surface area contributed by atoms with Crippen LogP contribution in [0.4, 0.5) is 5.69 Å². The molecule has 19 heavy (non-hydrogen) atoms. The number of hydrogen-bond donors (Lipinski definition) is 3. The number of amides is 1. The Bertz CT molecular complexity index is 543. The highest BCUT2D eigenvalue weighted by Gasteiger charge is 2.18. The van der Waals surface area contributed by atoms with Crippen LogP contribution in [0.1, 0.15) is 42.6 Å². The Kier molecular flexibility index (Phi) is 3.89. The minimum Gasteiger partial charge on any atom is -0.397 e. The topological polar surface area (TPSA) is 88.7 Å². The highest BCUT2D eigenvalue weighted by atomic mass is 16.2. The van der Waals surface area contributed by atoms with Gasteiger partial charge in [0.1, 0.15) is 11.5 Å². The zero-order valence-electron chi connectivity index (χ0n) is 11.2. The second-order valence-corrected chi connectivity index (χ2v) is 4.35. The first kappa shape index (κ1) is 13.2. The third-order valence-electron chi connectivity index (χ3n) is 3.05. The Hall–Kier alpha value is -2.24. The summed E-state index contributed by atoms with van der Waals surface area (Å²) in [6.07, 6.45) is 5.96. The van der Waals surface area contributed by atoms with E-state index in [-0.39, 0.29) is 11.9 Å². The SMILES string of the molecule is CCC(NC(=O)c1cc(N)cn1CC)c1ncc[nH]1. The Labute approximate surface area is 112 Å². The van der Waals surface area contributed by atoms with E-state index < -0.39 is 0 Å². The summed E-state index contributed by atoms with van der Waals surface area (Å²) >= 11 is 0. The fraction of sp³-hybridized carbons (Fsp3) is 0.385. The van der Waals surface area contributed by atoms with Gasteiger partial charge in [-0.05, 0) is 19.4 Å². The van der Waals surface area contributed by atoms with Crippen molar-refractivity contribution >= 4 is 11.6 Å². The van der Waals surface area contributed by atoms with Crippen molar-refractivity contribution < 1.29 is 4.79 Å². The van der Waals surface area contributed by atoms with Gasteiger partial charge >= 0.3 is 0 Å². The molecule has 0 bridgehead atoms. The molecule has 0 radical (unpaired) electrons. The number of nitrogens with two attached hydrogens (primary N) is 1. The highest BCUT2D eigenvalue weighted by molar-refractivity contribution is 5.94. The fourth-order valence-electron chi connectivity index (χ4n) is 2.05. The number of nitrogen functional groups attached to an aromatic ring is 1. The molecule has 6 heteroatoms. The number of anilines is 1. The van der Waals surface area contributed by atoms with Gasteiger partial charge in [-0.2, -0.15) is 0 Å². The normalized spacial score (nSPS) is 12.3. The van der Waals surface area contributed by atoms with E-state index in [1.165, 1.54) is 0 Å². The van der Waals surface area contributed by atoms with Gasteiger partial charge in [0.15, 0.2) is 0 Å². The molecule has 0 aliphatic rings. The van der Waals surface area contributed by atoms with E-state index in [0.717, 1.165) is 12.2 Å². The van der Waals surface area contributed by atoms with Crippen LogP contribution < -0.4 is 11.1 Å². The second kappa shape index (κ2) is 5.60. The number of hydrogen-bond acceptors (Lipinski definition) is 3. The lowest BCUT2D eigenvalue weighted by molar-refractivity contribution is 0.0924. The minimum atomic E-state index is -0.137. The van der Waals surface area contributed by atoms with Crippen molar-refractivity contribution in [1.29, 1.82) is 0 Å². The van der Waals surface area contributed by atoms with Crippen LogP contribution in [0.2, 0.25) is 0 Å². The zero-order valence-corrected chi connectivity index (χ0v) is 11.2. The minimum absolute atomic E-state index is 0.121. The quantitative estimate of drug-likeness (QED) is 0.765. The molecule has 0 spiro atoms. The number of aromatic nitrogens is 3. The molecular formula is C13H19N5O. The van der Waals surface area contributed by atoms with E-state index in [4.69, 9.17) is 5.73 Å². The van der Waals surface area contributed by atoms with E-state index in [9.17, 15) is 4.79 Å². The van der Waals surface area contributed by atoms with E-state index in [1.807, 2.05) is 18.4 Å². The third kappa shape index (κ3) is 2.78. The number of carbonyl (C=O) groups is 1. The molecule has 2 rings (SSSR count). The summed E-state index contributed by atoms with van der Waals surface area (Å²) in [4.78, 5) is 19.5. The number of H-pyrrole nitrogens is 1. The van der Waals surface area contributed by atoms with Crippen molar-refractivity contribution in [1.82, 2.24) is 19.9 Å². The van der Waals surface area contributed by atoms with Gasteiger partial charge < -0.3 is 20.6 Å². The summed E-state index contributed by atoms with van der Waals surface area (Å²) in [5.41, 5.74) is 6.90. The molecule has 1 atom stereocenters. The van der Waals surface area contributed by atoms with E-state index in [0.29, 0.717) is 17.9 Å². The van der Waals surface area contributed by atoms with Crippen LogP contribution in [-0.2, 0) is 6.54 Å². The lowest BCUT2D eigenvalue weighted by atomic mass is 10.2. The molecule has 0 saturated heterocycles. The van der Waals surface area contributed by atoms with E-state index >= 15 is 0 Å². The molecule has 4 N–H and O–H groups in total. The van der Waals surface area contributed by atoms with Gasteiger partial charge in [0.2, 0.25) is 0 Å². The second-order valence-electron chi connectivity index (χ2n) is 4.35. The molecule has 1 unspecified atom stereocenters. The van der Waals surface area contributed by atoms with E-state index in [2.05, 4.69) is 15.3 Å². The smallest absolute Gasteiger partial charge is 0.268 e. The summed E-state index contributed by atoms with van der Waals surface area (Å²) in [6.45, 7) is 4.68. The maximum Gasteiger partial charge on any atom is 0.268 e. The molecule has 2 aromatic heterocycles. The molecule has 102 valence electrons. The molecular weight excluding hydrogens is 242 g/mol. The van der Waals surface area contributed by atoms with Crippen molar-refractivity contribution in [3.05, 3.63) is 36.2 Å². The van der Waals surface area contributed by atoms with Gasteiger partial charge in [-0.15, -0.1) is 0 Å². The summed E-state index contributed by atoms with van der Waals surface area (Å²) < 4.78 is 1.83. The van der Waals surface area contributed by atoms with Crippen molar-refractivity contribution in [3.63, 3.8) is 0 Å². The van der Waals surface area contributed by atoms with Crippen LogP contribution in [0.5, 0.6) is 0 Å². The molecule has 0 aromatic carbocycles. The predicted molar refractivity (Wildman–Crippen MR) is 73.6 cm³/mol. The Balaban J connectivity index is 2.15. The first-order valence-electron chi connectivity index (χ1n) is 6.41. The largest absolute Gasteiger partial charge is 0.397 e. The summed E-state index contributed by atoms with van der Waals surface area (Å²) in [6, 6.07) is 1.57. The number of aromatic amines is 1. The van der Waals surface area contributed by atoms with Crippen LogP contribution in [0.15, 0.2) is 24.7 Å². The molecule has 2 heterocycles. The van der Waals surface area contributed by atoms with Crippen LogP contribution in [0, 0.1) is 0 Å². The lowest BCUT2D eigenvalue weighted by Crippen LogP contribution is -2.30. The lowest BCUT2D eigenvalue weighted by Gasteiger charge is -2.15. The van der Waals surface area contributed by atoms with Gasteiger partial charge in [0, 0.05) is 25.1 Å². The van der Waals surface area contributed by atoms with Gasteiger partial charge in [0.05, 0.1) is 11.7 Å². The number of nitrogens with one attached hydrogen (secondary N) is 2. The molecule has 0 aliphatic heterocycles. The molecule has 6 nitrogen and oxygen atoms in total. The van der Waals surface area contributed by atoms with E-state index in [1.54, 1.807) is 24.7 Å². The molecule has 1 amide bonds. The highest BCUT2D eigenvalue weighted by Crippen LogP contribution is 2.15. The maximum atomic E-state index is 12.3. The number of carbonyl (C=O) groups excluding carboxylic acids is 1. The summed E-state index contributed by atoms with van der Waals surface area (Å²) in [5.74, 6) is 0.625. The monoisotopic (exact) mass is 261 g/mol. The maximum absolute atomic E-state index is 12.3. The third-order valence-corrected chi connectivity index (χ3v) is 3.05. The van der Waals surface area contributed by atoms with Crippen LogP contribution in [0.3, 0.4) is 0 Å². The van der Waals surface area contributed by atoms with Crippen LogP contribution >= 0.6 is 0 Å². The first-order chi connectivity index (χ1) is 9.15. The number of imidazole rings is 1. The van der Waals surface area contributed by atoms with Crippen LogP contribution in [0.25, 0.3) is 0 Å². The fourth-order valence-corrected chi connectivity index (χ4v) is 2.05. The van der Waals surface area contributed by atoms with Crippen LogP contribution in [-0.4, -0.2) is 20.4 Å². The first-order valence-corrected chi connectivity index (χ1v) is 6.41. The van der Waals surface area contributed by atoms with Gasteiger partial charge in [-0.25, -0.2) is 4.98 Å². The van der Waals surface area contributed by atoms with Gasteiger partial charge in [-0.3, -0.25) is 4.79 Å². The Morgan fingerprint density at radius 1 is 1.58 bits per heavy atom. The van der Waals surface area contributed by atoms with Crippen molar-refractivity contribution in [2.75, 3.05) is 5.73 Å². The molecule has 0 saturated carbocycles. The number of aryl methyl sites for hydroxylation is 1. The predicted octanol–water partition coefficient (Wildman–Crippen LogP) is 1.69. The van der Waals surface area contributed by atoms with Crippen molar-refractivity contribution in [2.45, 2.75) is 32.9 Å². The standard InChI is InChI=1S/C13H19N5O/c1-3-10(12-15-5-6-16-12)17-13(19)11-7-9(14)8-18(11)4-2/h5-8,10H,3-4,14H2,1-2H3,(H,15,16)(H,17,19). The van der Waals surface area contributed by atoms with Gasteiger partial charge in [-0.1, -0.05) is 6.92 Å². The average molecular weight is 261 g/mol. The van der Waals surface area contributed by atoms with Gasteiger partial charge in [0.25, 0.3) is 5.91 Å². The Morgan fingerprint density at radius 3 is 2.95 bits per heavy atom. The van der Waals surface area contributed by atoms with Crippen molar-refractivity contribution in [3.8, 4) is 0 Å². The number of nitrogens with zero attached hydrogens (tertiary/aromatic N) is 2. The summed E-state index contributed by atoms with van der Waals surface area (Å²) in [5, 5.41) is 2.96. The molecule has 2 aromatic rings.